The minimum absolute atomic E-state index is 0.0978. The minimum Gasteiger partial charge on any atom is -0.347 e. The Morgan fingerprint density at radius 3 is 3.05 bits per heavy atom. The van der Waals surface area contributed by atoms with E-state index in [9.17, 15) is 4.79 Å². The molecular weight excluding hydrogens is 326 g/mol. The third-order valence-corrected chi connectivity index (χ3v) is 4.40. The summed E-state index contributed by atoms with van der Waals surface area (Å²) in [5, 5.41) is 10.7. The van der Waals surface area contributed by atoms with Crippen molar-refractivity contribution in [3.8, 4) is 0 Å². The molecule has 0 bridgehead atoms. The lowest BCUT2D eigenvalue weighted by molar-refractivity contribution is 0.0953. The maximum absolute atomic E-state index is 12.2. The molecule has 96 valence electrons. The summed E-state index contributed by atoms with van der Waals surface area (Å²) in [4.78, 5) is 13.3. The number of aromatic nitrogens is 2. The molecule has 1 aromatic carbocycles. The molecule has 0 saturated heterocycles. The molecule has 19 heavy (non-hydrogen) atoms. The van der Waals surface area contributed by atoms with Crippen molar-refractivity contribution in [1.82, 2.24) is 15.5 Å². The van der Waals surface area contributed by atoms with E-state index in [1.807, 2.05) is 24.3 Å². The lowest BCUT2D eigenvalue weighted by Gasteiger charge is -2.04. The fraction of sp³-hybridized carbons (Fsp3) is 0.0769. The molecule has 0 aliphatic rings. The number of para-hydroxylation sites is 1. The molecular formula is C13H10BrN3OS. The maximum Gasteiger partial charge on any atom is 0.253 e. The van der Waals surface area contributed by atoms with Gasteiger partial charge in [-0.15, -0.1) is 11.3 Å². The number of carbonyl (C=O) groups is 1. The van der Waals surface area contributed by atoms with Crippen molar-refractivity contribution >= 4 is 44.1 Å². The van der Waals surface area contributed by atoms with Gasteiger partial charge in [0.2, 0.25) is 0 Å². The molecule has 0 atom stereocenters. The molecule has 3 rings (SSSR count). The van der Waals surface area contributed by atoms with Crippen LogP contribution in [0.25, 0.3) is 10.9 Å². The van der Waals surface area contributed by atoms with Gasteiger partial charge in [-0.05, 0) is 34.1 Å². The van der Waals surface area contributed by atoms with Crippen molar-refractivity contribution < 1.29 is 4.79 Å². The number of amides is 1. The molecule has 0 radical (unpaired) electrons. The molecule has 0 spiro atoms. The van der Waals surface area contributed by atoms with Crippen LogP contribution in [0.5, 0.6) is 0 Å². The molecule has 0 unspecified atom stereocenters. The number of halogens is 1. The summed E-state index contributed by atoms with van der Waals surface area (Å²) >= 11 is 5.02. The van der Waals surface area contributed by atoms with Crippen LogP contribution >= 0.6 is 27.3 Å². The highest BCUT2D eigenvalue weighted by atomic mass is 79.9. The summed E-state index contributed by atoms with van der Waals surface area (Å²) in [7, 11) is 0. The SMILES string of the molecule is O=C(NCc1ccc(Br)s1)c1cccc2cn[nH]c12. The first-order chi connectivity index (χ1) is 9.24. The molecule has 6 heteroatoms. The number of aromatic amines is 1. The van der Waals surface area contributed by atoms with E-state index in [0.717, 1.165) is 19.6 Å². The fourth-order valence-corrected chi connectivity index (χ4v) is 3.29. The van der Waals surface area contributed by atoms with Crippen LogP contribution in [0.15, 0.2) is 40.3 Å². The van der Waals surface area contributed by atoms with Crippen molar-refractivity contribution in [3.63, 3.8) is 0 Å². The third-order valence-electron chi connectivity index (χ3n) is 2.77. The van der Waals surface area contributed by atoms with Gasteiger partial charge in [0.15, 0.2) is 0 Å². The second-order valence-electron chi connectivity index (χ2n) is 4.03. The van der Waals surface area contributed by atoms with Crippen LogP contribution in [0.2, 0.25) is 0 Å². The predicted molar refractivity (Wildman–Crippen MR) is 79.3 cm³/mol. The average Bonchev–Trinajstić information content (AvgIpc) is 3.03. The topological polar surface area (TPSA) is 57.8 Å². The summed E-state index contributed by atoms with van der Waals surface area (Å²) in [5.74, 6) is -0.0978. The zero-order valence-corrected chi connectivity index (χ0v) is 12.2. The van der Waals surface area contributed by atoms with Crippen LogP contribution < -0.4 is 5.32 Å². The molecule has 4 nitrogen and oxygen atoms in total. The van der Waals surface area contributed by atoms with Crippen LogP contribution in [0.3, 0.4) is 0 Å². The van der Waals surface area contributed by atoms with Crippen molar-refractivity contribution in [2.75, 3.05) is 0 Å². The minimum atomic E-state index is -0.0978. The number of thiophene rings is 1. The molecule has 1 amide bonds. The number of rotatable bonds is 3. The van der Waals surface area contributed by atoms with Crippen LogP contribution in [-0.2, 0) is 6.54 Å². The van der Waals surface area contributed by atoms with E-state index in [4.69, 9.17) is 0 Å². The van der Waals surface area contributed by atoms with Crippen molar-refractivity contribution in [2.24, 2.45) is 0 Å². The van der Waals surface area contributed by atoms with Crippen LogP contribution in [0.1, 0.15) is 15.2 Å². The van der Waals surface area contributed by atoms with E-state index in [1.165, 1.54) is 0 Å². The lowest BCUT2D eigenvalue weighted by Crippen LogP contribution is -2.22. The Hall–Kier alpha value is -1.66. The fourth-order valence-electron chi connectivity index (χ4n) is 1.87. The number of H-pyrrole nitrogens is 1. The van der Waals surface area contributed by atoms with Gasteiger partial charge in [-0.2, -0.15) is 5.10 Å². The van der Waals surface area contributed by atoms with Gasteiger partial charge in [0, 0.05) is 10.3 Å². The molecule has 3 aromatic rings. The number of carbonyl (C=O) groups excluding carboxylic acids is 1. The lowest BCUT2D eigenvalue weighted by atomic mass is 10.1. The third kappa shape index (κ3) is 2.54. The molecule has 0 aliphatic heterocycles. The van der Waals surface area contributed by atoms with Gasteiger partial charge in [0.1, 0.15) is 0 Å². The highest BCUT2D eigenvalue weighted by molar-refractivity contribution is 9.11. The zero-order valence-electron chi connectivity index (χ0n) is 9.81. The van der Waals surface area contributed by atoms with E-state index < -0.39 is 0 Å². The monoisotopic (exact) mass is 335 g/mol. The number of benzene rings is 1. The molecule has 0 fully saturated rings. The normalized spacial score (nSPS) is 10.8. The molecule has 2 N–H and O–H groups in total. The second-order valence-corrected chi connectivity index (χ2v) is 6.58. The number of hydrogen-bond donors (Lipinski definition) is 2. The molecule has 0 saturated carbocycles. The Bertz CT molecular complexity index is 734. The largest absolute Gasteiger partial charge is 0.347 e. The molecule has 2 aromatic heterocycles. The summed E-state index contributed by atoms with van der Waals surface area (Å²) in [6, 6.07) is 9.54. The van der Waals surface area contributed by atoms with Gasteiger partial charge in [-0.25, -0.2) is 0 Å². The van der Waals surface area contributed by atoms with Gasteiger partial charge in [-0.3, -0.25) is 9.89 Å². The first-order valence-electron chi connectivity index (χ1n) is 5.68. The summed E-state index contributed by atoms with van der Waals surface area (Å²) < 4.78 is 1.06. The van der Waals surface area contributed by atoms with E-state index in [-0.39, 0.29) is 5.91 Å². The van der Waals surface area contributed by atoms with Gasteiger partial charge >= 0.3 is 0 Å². The molecule has 0 aliphatic carbocycles. The Morgan fingerprint density at radius 2 is 2.26 bits per heavy atom. The highest BCUT2D eigenvalue weighted by Gasteiger charge is 2.11. The quantitative estimate of drug-likeness (QED) is 0.771. The Kier molecular flexibility index (Phi) is 3.35. The Labute approximate surface area is 122 Å². The average molecular weight is 336 g/mol. The van der Waals surface area contributed by atoms with Gasteiger partial charge in [0.05, 0.1) is 27.6 Å². The first-order valence-corrected chi connectivity index (χ1v) is 7.29. The van der Waals surface area contributed by atoms with E-state index >= 15 is 0 Å². The van der Waals surface area contributed by atoms with Crippen LogP contribution in [-0.4, -0.2) is 16.1 Å². The Balaban J connectivity index is 1.78. The van der Waals surface area contributed by atoms with E-state index in [2.05, 4.69) is 31.4 Å². The van der Waals surface area contributed by atoms with Crippen LogP contribution in [0, 0.1) is 0 Å². The zero-order chi connectivity index (χ0) is 13.2. The standard InChI is InChI=1S/C13H10BrN3OS/c14-11-5-4-9(19-11)7-15-13(18)10-3-1-2-8-6-16-17-12(8)10/h1-6H,7H2,(H,15,18)(H,16,17). The summed E-state index contributed by atoms with van der Waals surface area (Å²) in [5.41, 5.74) is 1.39. The predicted octanol–water partition coefficient (Wildman–Crippen LogP) is 3.32. The van der Waals surface area contributed by atoms with E-state index in [1.54, 1.807) is 23.6 Å². The Morgan fingerprint density at radius 1 is 1.37 bits per heavy atom. The number of nitrogens with zero attached hydrogens (tertiary/aromatic N) is 1. The van der Waals surface area contributed by atoms with Gasteiger partial charge < -0.3 is 5.32 Å². The highest BCUT2D eigenvalue weighted by Crippen LogP contribution is 2.22. The van der Waals surface area contributed by atoms with Gasteiger partial charge in [-0.1, -0.05) is 12.1 Å². The van der Waals surface area contributed by atoms with Crippen molar-refractivity contribution in [3.05, 3.63) is 50.8 Å². The number of fused-ring (bicyclic) bond motifs is 1. The van der Waals surface area contributed by atoms with Crippen LogP contribution in [0.4, 0.5) is 0 Å². The molecule has 2 heterocycles. The smallest absolute Gasteiger partial charge is 0.253 e. The second kappa shape index (κ2) is 5.14. The van der Waals surface area contributed by atoms with Gasteiger partial charge in [0.25, 0.3) is 5.91 Å². The van der Waals surface area contributed by atoms with Crippen molar-refractivity contribution in [1.29, 1.82) is 0 Å². The maximum atomic E-state index is 12.2. The number of nitrogens with one attached hydrogen (secondary N) is 2. The van der Waals surface area contributed by atoms with Crippen molar-refractivity contribution in [2.45, 2.75) is 6.54 Å². The first kappa shape index (κ1) is 12.4. The number of hydrogen-bond acceptors (Lipinski definition) is 3. The van der Waals surface area contributed by atoms with E-state index in [0.29, 0.717) is 12.1 Å². The summed E-state index contributed by atoms with van der Waals surface area (Å²) in [6.07, 6.45) is 1.71. The summed E-state index contributed by atoms with van der Waals surface area (Å²) in [6.45, 7) is 0.527.